The molecule has 0 aliphatic rings. The summed E-state index contributed by atoms with van der Waals surface area (Å²) in [5.41, 5.74) is 2.35. The molecule has 5 heteroatoms. The van der Waals surface area contributed by atoms with Crippen LogP contribution in [0, 0.1) is 11.3 Å². The summed E-state index contributed by atoms with van der Waals surface area (Å²) < 4.78 is 10.6. The molecule has 31 heavy (non-hydrogen) atoms. The molecule has 3 rings (SSSR count). The lowest BCUT2D eigenvalue weighted by atomic mass is 10.1. The molecule has 0 fully saturated rings. The van der Waals surface area contributed by atoms with E-state index in [-0.39, 0.29) is 11.3 Å². The van der Waals surface area contributed by atoms with E-state index < -0.39 is 11.9 Å². The number of benzene rings is 3. The lowest BCUT2D eigenvalue weighted by molar-refractivity contribution is -0.135. The number of rotatable bonds is 6. The van der Waals surface area contributed by atoms with E-state index in [1.54, 1.807) is 60.7 Å². The van der Waals surface area contributed by atoms with E-state index in [0.717, 1.165) is 5.56 Å². The first kappa shape index (κ1) is 21.3. The molecule has 0 bridgehead atoms. The number of nitriles is 1. The zero-order valence-corrected chi connectivity index (χ0v) is 16.8. The number of ether oxygens (including phenoxy) is 2. The van der Waals surface area contributed by atoms with E-state index in [1.807, 2.05) is 36.4 Å². The van der Waals surface area contributed by atoms with Crippen molar-refractivity contribution in [2.75, 3.05) is 7.11 Å². The highest BCUT2D eigenvalue weighted by atomic mass is 16.5. The second-order valence-corrected chi connectivity index (χ2v) is 6.46. The highest BCUT2D eigenvalue weighted by Gasteiger charge is 2.16. The minimum Gasteiger partial charge on any atom is -0.465 e. The summed E-state index contributed by atoms with van der Waals surface area (Å²) in [6, 6.07) is 26.4. The van der Waals surface area contributed by atoms with Gasteiger partial charge in [0.1, 0.15) is 5.76 Å². The molecule has 0 spiro atoms. The fourth-order valence-electron chi connectivity index (χ4n) is 2.76. The van der Waals surface area contributed by atoms with Crippen molar-refractivity contribution in [1.29, 1.82) is 5.26 Å². The molecule has 0 amide bonds. The normalized spacial score (nSPS) is 11.4. The van der Waals surface area contributed by atoms with E-state index in [2.05, 4.69) is 0 Å². The summed E-state index contributed by atoms with van der Waals surface area (Å²) in [5, 5.41) is 9.06. The van der Waals surface area contributed by atoms with Crippen molar-refractivity contribution >= 4 is 23.8 Å². The molecule has 0 N–H and O–H groups in total. The van der Waals surface area contributed by atoms with E-state index in [4.69, 9.17) is 14.7 Å². The van der Waals surface area contributed by atoms with Crippen LogP contribution in [0.2, 0.25) is 0 Å². The van der Waals surface area contributed by atoms with Crippen LogP contribution in [0.25, 0.3) is 11.8 Å². The van der Waals surface area contributed by atoms with Gasteiger partial charge in [-0.25, -0.2) is 9.59 Å². The van der Waals surface area contributed by atoms with Crippen LogP contribution in [-0.4, -0.2) is 19.0 Å². The first-order valence-corrected chi connectivity index (χ1v) is 9.45. The zero-order chi connectivity index (χ0) is 22.1. The van der Waals surface area contributed by atoms with Crippen molar-refractivity contribution in [3.8, 4) is 6.07 Å². The molecule has 0 heterocycles. The molecule has 3 aromatic rings. The average Bonchev–Trinajstić information content (AvgIpc) is 2.83. The minimum atomic E-state index is -0.578. The van der Waals surface area contributed by atoms with Gasteiger partial charge in [-0.3, -0.25) is 0 Å². The Hall–Kier alpha value is -4.43. The van der Waals surface area contributed by atoms with Gasteiger partial charge in [0.15, 0.2) is 0 Å². The largest absolute Gasteiger partial charge is 0.465 e. The summed E-state index contributed by atoms with van der Waals surface area (Å²) in [6.07, 6.45) is 3.10. The first-order chi connectivity index (χ1) is 15.1. The van der Waals surface area contributed by atoms with Gasteiger partial charge in [0, 0.05) is 5.56 Å². The number of methoxy groups -OCH3 is 1. The minimum absolute atomic E-state index is 0.158. The van der Waals surface area contributed by atoms with Crippen molar-refractivity contribution < 1.29 is 19.1 Å². The molecule has 0 saturated heterocycles. The van der Waals surface area contributed by atoms with Gasteiger partial charge in [-0.05, 0) is 54.1 Å². The Morgan fingerprint density at radius 2 is 1.45 bits per heavy atom. The molecule has 0 atom stereocenters. The lowest BCUT2D eigenvalue weighted by Gasteiger charge is -2.11. The number of carbonyl (C=O) groups excluding carboxylic acids is 2. The third-order valence-corrected chi connectivity index (χ3v) is 4.34. The van der Waals surface area contributed by atoms with Crippen molar-refractivity contribution in [3.63, 3.8) is 0 Å². The van der Waals surface area contributed by atoms with Gasteiger partial charge in [-0.1, -0.05) is 48.5 Å². The Bertz CT molecular complexity index is 1160. The summed E-state index contributed by atoms with van der Waals surface area (Å²) in [6.45, 7) is 0. The molecule has 0 aliphatic heterocycles. The molecule has 0 aromatic heterocycles. The second kappa shape index (κ2) is 10.4. The third-order valence-electron chi connectivity index (χ3n) is 4.34. The van der Waals surface area contributed by atoms with Crippen LogP contribution < -0.4 is 0 Å². The van der Waals surface area contributed by atoms with Crippen LogP contribution in [0.5, 0.6) is 0 Å². The Morgan fingerprint density at radius 3 is 2.03 bits per heavy atom. The van der Waals surface area contributed by atoms with Crippen LogP contribution in [0.3, 0.4) is 0 Å². The fraction of sp³-hybridized carbons (Fsp3) is 0.0385. The molecule has 3 aromatic carbocycles. The fourth-order valence-corrected chi connectivity index (χ4v) is 2.76. The highest BCUT2D eigenvalue weighted by Crippen LogP contribution is 2.22. The van der Waals surface area contributed by atoms with E-state index in [9.17, 15) is 9.59 Å². The van der Waals surface area contributed by atoms with E-state index in [1.165, 1.54) is 13.2 Å². The maximum absolute atomic E-state index is 12.7. The first-order valence-electron chi connectivity index (χ1n) is 9.45. The van der Waals surface area contributed by atoms with Crippen molar-refractivity contribution in [1.82, 2.24) is 0 Å². The Labute approximate surface area is 180 Å². The predicted molar refractivity (Wildman–Crippen MR) is 117 cm³/mol. The van der Waals surface area contributed by atoms with Gasteiger partial charge in [0.05, 0.1) is 29.9 Å². The molecule has 0 radical (unpaired) electrons. The molecular formula is C26H19NO4. The quantitative estimate of drug-likeness (QED) is 0.247. The summed E-state index contributed by atoms with van der Waals surface area (Å²) in [5.74, 6) is -0.989. The van der Waals surface area contributed by atoms with Crippen molar-refractivity contribution in [3.05, 3.63) is 119 Å². The van der Waals surface area contributed by atoms with Gasteiger partial charge in [-0.15, -0.1) is 0 Å². The van der Waals surface area contributed by atoms with Crippen molar-refractivity contribution in [2.45, 2.75) is 0 Å². The highest BCUT2D eigenvalue weighted by molar-refractivity contribution is 6.00. The molecular weight excluding hydrogens is 390 g/mol. The number of hydrogen-bond acceptors (Lipinski definition) is 5. The lowest BCUT2D eigenvalue weighted by Crippen LogP contribution is -2.08. The van der Waals surface area contributed by atoms with Crippen LogP contribution in [0.15, 0.2) is 96.6 Å². The van der Waals surface area contributed by atoms with E-state index >= 15 is 0 Å². The van der Waals surface area contributed by atoms with Gasteiger partial charge >= 0.3 is 11.9 Å². The number of hydrogen-bond donors (Lipinski definition) is 0. The molecule has 0 unspecified atom stereocenters. The summed E-state index contributed by atoms with van der Waals surface area (Å²) >= 11 is 0. The molecule has 0 aliphatic carbocycles. The Balaban J connectivity index is 2.06. The monoisotopic (exact) mass is 409 g/mol. The maximum Gasteiger partial charge on any atom is 0.343 e. The Morgan fingerprint density at radius 1 is 0.839 bits per heavy atom. The van der Waals surface area contributed by atoms with Gasteiger partial charge in [-0.2, -0.15) is 5.26 Å². The second-order valence-electron chi connectivity index (χ2n) is 6.46. The Kier molecular flexibility index (Phi) is 7.12. The molecule has 5 nitrogen and oxygen atoms in total. The van der Waals surface area contributed by atoms with Gasteiger partial charge < -0.3 is 9.47 Å². The smallest absolute Gasteiger partial charge is 0.343 e. The van der Waals surface area contributed by atoms with E-state index in [0.29, 0.717) is 16.7 Å². The zero-order valence-electron chi connectivity index (χ0n) is 16.8. The van der Waals surface area contributed by atoms with Crippen LogP contribution >= 0.6 is 0 Å². The molecule has 0 saturated carbocycles. The topological polar surface area (TPSA) is 76.4 Å². The standard InChI is InChI=1S/C26H19NO4/c1-30-25(28)23(16-19-8-4-2-5-9-19)17-24(21-14-12-20(18-27)13-15-21)31-26(29)22-10-6-3-7-11-22/h2-17H,1H3/b23-16+,24-17-. The van der Waals surface area contributed by atoms with Crippen LogP contribution in [0.1, 0.15) is 27.0 Å². The van der Waals surface area contributed by atoms with Gasteiger partial charge in [0.25, 0.3) is 0 Å². The number of esters is 2. The summed E-state index contributed by atoms with van der Waals surface area (Å²) in [7, 11) is 1.28. The van der Waals surface area contributed by atoms with Crippen molar-refractivity contribution in [2.24, 2.45) is 0 Å². The molecule has 152 valence electrons. The third kappa shape index (κ3) is 5.78. The number of nitrogens with zero attached hydrogens (tertiary/aromatic N) is 1. The van der Waals surface area contributed by atoms with Crippen LogP contribution in [0.4, 0.5) is 0 Å². The average molecular weight is 409 g/mol. The SMILES string of the molecule is COC(=O)C(/C=C(\OC(=O)c1ccccc1)c1ccc(C#N)cc1)=C/c1ccccc1. The summed E-state index contributed by atoms with van der Waals surface area (Å²) in [4.78, 5) is 25.1. The predicted octanol–water partition coefficient (Wildman–Crippen LogP) is 5.01. The maximum atomic E-state index is 12.7. The number of carbonyl (C=O) groups is 2. The van der Waals surface area contributed by atoms with Gasteiger partial charge in [0.2, 0.25) is 0 Å². The van der Waals surface area contributed by atoms with Crippen LogP contribution in [-0.2, 0) is 14.3 Å².